The summed E-state index contributed by atoms with van der Waals surface area (Å²) >= 11 is 0. The molecule has 34 heavy (non-hydrogen) atoms. The van der Waals surface area contributed by atoms with E-state index in [1.807, 2.05) is 19.1 Å². The number of nitrogens with one attached hydrogen (secondary N) is 1. The van der Waals surface area contributed by atoms with Crippen LogP contribution in [-0.4, -0.2) is 44.1 Å². The predicted molar refractivity (Wildman–Crippen MR) is 126 cm³/mol. The highest BCUT2D eigenvalue weighted by atomic mass is 16.5. The number of nitrogens with zero attached hydrogens (tertiary/aromatic N) is 1. The Kier molecular flexibility index (Phi) is 6.61. The quantitative estimate of drug-likeness (QED) is 0.471. The lowest BCUT2D eigenvalue weighted by atomic mass is 9.77. The third-order valence-electron chi connectivity index (χ3n) is 6.73. The van der Waals surface area contributed by atoms with Crippen molar-refractivity contribution in [3.8, 4) is 11.5 Å². The number of hydrogen-bond donors (Lipinski definition) is 1. The number of amides is 2. The molecule has 4 atom stereocenters. The van der Waals surface area contributed by atoms with Crippen LogP contribution in [0.5, 0.6) is 11.5 Å². The molecule has 0 radical (unpaired) electrons. The summed E-state index contributed by atoms with van der Waals surface area (Å²) in [6.07, 6.45) is 0.970. The fraction of sp³-hybridized carbons (Fsp3) is 0.423. The first-order chi connectivity index (χ1) is 16.4. The van der Waals surface area contributed by atoms with Crippen LogP contribution in [0.25, 0.3) is 0 Å². The van der Waals surface area contributed by atoms with E-state index in [0.29, 0.717) is 35.6 Å². The molecule has 2 aromatic carbocycles. The first-order valence-electron chi connectivity index (χ1n) is 11.5. The normalized spacial score (nSPS) is 25.9. The van der Waals surface area contributed by atoms with Crippen LogP contribution in [0.1, 0.15) is 38.3 Å². The zero-order valence-electron chi connectivity index (χ0n) is 19.9. The fourth-order valence-corrected chi connectivity index (χ4v) is 5.35. The highest BCUT2D eigenvalue weighted by Crippen LogP contribution is 2.53. The summed E-state index contributed by atoms with van der Waals surface area (Å²) in [5.41, 5.74) is -0.167. The molecule has 0 aliphatic carbocycles. The Hall–Kier alpha value is -3.39. The van der Waals surface area contributed by atoms with Crippen molar-refractivity contribution in [3.05, 3.63) is 54.1 Å². The number of benzene rings is 2. The number of fused-ring (bicyclic) bond motifs is 1. The average Bonchev–Trinajstić information content (AvgIpc) is 3.33. The molecule has 0 aromatic heterocycles. The molecule has 4 rings (SSSR count). The maximum Gasteiger partial charge on any atom is 0.327 e. The number of carbonyl (C=O) groups excluding carboxylic acids is 3. The van der Waals surface area contributed by atoms with Crippen molar-refractivity contribution in [2.45, 2.75) is 38.3 Å². The van der Waals surface area contributed by atoms with Crippen molar-refractivity contribution in [3.63, 3.8) is 0 Å². The molecule has 180 valence electrons. The number of carbonyl (C=O) groups is 3. The Labute approximate surface area is 199 Å². The van der Waals surface area contributed by atoms with Gasteiger partial charge in [0.05, 0.1) is 38.3 Å². The average molecular weight is 467 g/mol. The van der Waals surface area contributed by atoms with E-state index in [1.54, 1.807) is 50.4 Å². The van der Waals surface area contributed by atoms with Crippen LogP contribution in [0.4, 0.5) is 5.69 Å². The third kappa shape index (κ3) is 3.62. The van der Waals surface area contributed by atoms with E-state index in [9.17, 15) is 14.4 Å². The second-order valence-corrected chi connectivity index (χ2v) is 8.52. The smallest absolute Gasteiger partial charge is 0.327 e. The van der Waals surface area contributed by atoms with Gasteiger partial charge in [-0.05, 0) is 31.5 Å². The molecule has 2 heterocycles. The SMILES string of the molecule is CCC[C@]1(C(=O)OCC)N[C@H](c2ccc(OC)cc2OC)[C@@H]2C(=O)N(c3ccccc3)C(=O)[C@@H]21. The highest BCUT2D eigenvalue weighted by Gasteiger charge is 2.68. The van der Waals surface area contributed by atoms with Gasteiger partial charge in [0.1, 0.15) is 17.0 Å². The van der Waals surface area contributed by atoms with E-state index >= 15 is 0 Å². The summed E-state index contributed by atoms with van der Waals surface area (Å²) in [7, 11) is 3.09. The van der Waals surface area contributed by atoms with Gasteiger partial charge in [0.15, 0.2) is 0 Å². The summed E-state index contributed by atoms with van der Waals surface area (Å²) in [5, 5.41) is 3.39. The Morgan fingerprint density at radius 1 is 1.03 bits per heavy atom. The number of para-hydroxylation sites is 1. The molecule has 0 spiro atoms. The van der Waals surface area contributed by atoms with Crippen molar-refractivity contribution < 1.29 is 28.6 Å². The lowest BCUT2D eigenvalue weighted by Gasteiger charge is -2.32. The first kappa shape index (κ1) is 23.8. The summed E-state index contributed by atoms with van der Waals surface area (Å²) in [4.78, 5) is 42.3. The van der Waals surface area contributed by atoms with Gasteiger partial charge >= 0.3 is 5.97 Å². The molecular weight excluding hydrogens is 436 g/mol. The summed E-state index contributed by atoms with van der Waals surface area (Å²) in [5.74, 6) is -1.87. The molecule has 0 unspecified atom stereocenters. The topological polar surface area (TPSA) is 94.2 Å². The van der Waals surface area contributed by atoms with Crippen LogP contribution >= 0.6 is 0 Å². The van der Waals surface area contributed by atoms with Crippen molar-refractivity contribution in [2.75, 3.05) is 25.7 Å². The molecule has 2 aromatic rings. The number of ether oxygens (including phenoxy) is 3. The van der Waals surface area contributed by atoms with Crippen molar-refractivity contribution in [1.29, 1.82) is 0 Å². The summed E-state index contributed by atoms with van der Waals surface area (Å²) in [6, 6.07) is 13.5. The standard InChI is InChI=1S/C26H30N2O6/c1-5-14-26(25(31)34-6-2)21-20(23(29)28(24(21)30)16-10-8-7-9-11-16)22(27-26)18-13-12-17(32-3)15-19(18)33-4/h7-13,15,20-22,27H,5-6,14H2,1-4H3/t20-,21-,22-,26+/m1/s1. The van der Waals surface area contributed by atoms with E-state index in [1.165, 1.54) is 12.0 Å². The van der Waals surface area contributed by atoms with Gasteiger partial charge in [0.2, 0.25) is 11.8 Å². The maximum atomic E-state index is 13.8. The van der Waals surface area contributed by atoms with Gasteiger partial charge in [-0.15, -0.1) is 0 Å². The lowest BCUT2D eigenvalue weighted by Crippen LogP contribution is -2.56. The van der Waals surface area contributed by atoms with Gasteiger partial charge in [0.25, 0.3) is 0 Å². The van der Waals surface area contributed by atoms with Crippen LogP contribution in [0.2, 0.25) is 0 Å². The number of esters is 1. The summed E-state index contributed by atoms with van der Waals surface area (Å²) in [6.45, 7) is 3.84. The minimum absolute atomic E-state index is 0.171. The molecule has 2 amide bonds. The van der Waals surface area contributed by atoms with Crippen LogP contribution in [-0.2, 0) is 19.1 Å². The monoisotopic (exact) mass is 466 g/mol. The van der Waals surface area contributed by atoms with Gasteiger partial charge in [0, 0.05) is 17.7 Å². The van der Waals surface area contributed by atoms with Crippen molar-refractivity contribution in [1.82, 2.24) is 5.32 Å². The van der Waals surface area contributed by atoms with Gasteiger partial charge in [-0.1, -0.05) is 37.6 Å². The zero-order valence-corrected chi connectivity index (χ0v) is 19.9. The minimum Gasteiger partial charge on any atom is -0.497 e. The molecule has 0 saturated carbocycles. The van der Waals surface area contributed by atoms with Crippen molar-refractivity contribution in [2.24, 2.45) is 11.8 Å². The second kappa shape index (κ2) is 9.46. The lowest BCUT2D eigenvalue weighted by molar-refractivity contribution is -0.155. The number of methoxy groups -OCH3 is 2. The van der Waals surface area contributed by atoms with Crippen LogP contribution in [0, 0.1) is 11.8 Å². The minimum atomic E-state index is -1.33. The molecule has 8 heteroatoms. The Morgan fingerprint density at radius 3 is 2.38 bits per heavy atom. The molecule has 2 aliphatic heterocycles. The van der Waals surface area contributed by atoms with E-state index < -0.39 is 35.3 Å². The number of rotatable bonds is 8. The van der Waals surface area contributed by atoms with E-state index in [-0.39, 0.29) is 12.5 Å². The van der Waals surface area contributed by atoms with Crippen LogP contribution in [0.15, 0.2) is 48.5 Å². The van der Waals surface area contributed by atoms with Crippen LogP contribution in [0.3, 0.4) is 0 Å². The molecule has 8 nitrogen and oxygen atoms in total. The highest BCUT2D eigenvalue weighted by molar-refractivity contribution is 6.24. The Bertz CT molecular complexity index is 1090. The predicted octanol–water partition coefficient (Wildman–Crippen LogP) is 3.26. The molecule has 2 saturated heterocycles. The number of imide groups is 1. The van der Waals surface area contributed by atoms with Gasteiger partial charge in [-0.3, -0.25) is 19.7 Å². The van der Waals surface area contributed by atoms with Crippen molar-refractivity contribution >= 4 is 23.5 Å². The molecule has 2 fully saturated rings. The summed E-state index contributed by atoms with van der Waals surface area (Å²) < 4.78 is 16.4. The molecule has 2 aliphatic rings. The van der Waals surface area contributed by atoms with E-state index in [0.717, 1.165) is 0 Å². The third-order valence-corrected chi connectivity index (χ3v) is 6.73. The first-order valence-corrected chi connectivity index (χ1v) is 11.5. The maximum absolute atomic E-state index is 13.8. The zero-order chi connectivity index (χ0) is 24.5. The van der Waals surface area contributed by atoms with Crippen LogP contribution < -0.4 is 19.7 Å². The number of hydrogen-bond acceptors (Lipinski definition) is 7. The molecular formula is C26H30N2O6. The van der Waals surface area contributed by atoms with Gasteiger partial charge < -0.3 is 14.2 Å². The molecule has 1 N–H and O–H groups in total. The van der Waals surface area contributed by atoms with Gasteiger partial charge in [-0.2, -0.15) is 0 Å². The fourth-order valence-electron chi connectivity index (χ4n) is 5.35. The van der Waals surface area contributed by atoms with E-state index in [2.05, 4.69) is 5.32 Å². The largest absolute Gasteiger partial charge is 0.497 e. The van der Waals surface area contributed by atoms with Gasteiger partial charge in [-0.25, -0.2) is 4.90 Å². The molecule has 0 bridgehead atoms. The Balaban J connectivity index is 1.89. The second-order valence-electron chi connectivity index (χ2n) is 8.52. The Morgan fingerprint density at radius 2 is 1.76 bits per heavy atom. The van der Waals surface area contributed by atoms with E-state index in [4.69, 9.17) is 14.2 Å². The number of anilines is 1.